The van der Waals surface area contributed by atoms with E-state index in [9.17, 15) is 4.79 Å². The van der Waals surface area contributed by atoms with Gasteiger partial charge >= 0.3 is 0 Å². The first-order chi connectivity index (χ1) is 18.9. The van der Waals surface area contributed by atoms with Crippen LogP contribution in [-0.4, -0.2) is 40.9 Å². The molecule has 4 heterocycles. The maximum Gasteiger partial charge on any atom is 0.271 e. The number of nitrogens with one attached hydrogen (secondary N) is 1. The lowest BCUT2D eigenvalue weighted by molar-refractivity contribution is 0.0895. The molecule has 0 unspecified atom stereocenters. The lowest BCUT2D eigenvalue weighted by Gasteiger charge is -2.30. The minimum atomic E-state index is -0.352. The summed E-state index contributed by atoms with van der Waals surface area (Å²) in [6.07, 6.45) is 16.8. The summed E-state index contributed by atoms with van der Waals surface area (Å²) in [5, 5.41) is 5.04. The molecule has 0 aliphatic heterocycles. The van der Waals surface area contributed by atoms with Gasteiger partial charge in [-0.1, -0.05) is 24.1 Å². The molecule has 7 rings (SSSR count). The number of terminal acetylenes is 1. The molecular formula is C30H26N8O. The standard InChI is InChI=1S/C30H26N8O/c1-3-23-24(20-12-19-6-4-5-7-21(19)34-14-20)25-26(31)35-17-36-27(25)38(23)30-10-8-29(16-30,9-11-30)37-28(39)22-15-32-18(2)13-33-22/h1,4-7,12-15,17H,8-11,16H2,2H3,(H,37,39)(H2,31,35,36). The Balaban J connectivity index is 1.34. The first-order valence-corrected chi connectivity index (χ1v) is 13.0. The number of aromatic nitrogens is 6. The largest absolute Gasteiger partial charge is 0.383 e. The molecule has 0 radical (unpaired) electrons. The van der Waals surface area contributed by atoms with Crippen LogP contribution in [0.15, 0.2) is 55.2 Å². The SMILES string of the molecule is C#Cc1c(-c2cnc3ccccc3c2)c2c(N)ncnc2n1C12CCC(NC(=O)c3cnc(C)cn3)(CC1)C2. The van der Waals surface area contributed by atoms with Crippen molar-refractivity contribution in [3.05, 3.63) is 72.3 Å². The Kier molecular flexibility index (Phi) is 4.98. The van der Waals surface area contributed by atoms with E-state index in [1.54, 1.807) is 6.20 Å². The van der Waals surface area contributed by atoms with E-state index in [2.05, 4.69) is 41.8 Å². The lowest BCUT2D eigenvalue weighted by Crippen LogP contribution is -2.45. The Morgan fingerprint density at radius 1 is 1.05 bits per heavy atom. The monoisotopic (exact) mass is 514 g/mol. The average Bonchev–Trinajstić information content (AvgIpc) is 3.61. The Bertz CT molecular complexity index is 1820. The minimum Gasteiger partial charge on any atom is -0.383 e. The van der Waals surface area contributed by atoms with Gasteiger partial charge in [0.1, 0.15) is 29.2 Å². The third-order valence-corrected chi connectivity index (χ3v) is 8.47. The number of amides is 1. The molecule has 2 bridgehead atoms. The Morgan fingerprint density at radius 3 is 2.64 bits per heavy atom. The zero-order valence-corrected chi connectivity index (χ0v) is 21.5. The van der Waals surface area contributed by atoms with E-state index in [4.69, 9.17) is 17.1 Å². The molecule has 1 amide bonds. The smallest absolute Gasteiger partial charge is 0.271 e. The van der Waals surface area contributed by atoms with Gasteiger partial charge in [-0.3, -0.25) is 14.8 Å². The third kappa shape index (κ3) is 3.48. The molecule has 2 saturated carbocycles. The predicted molar refractivity (Wildman–Crippen MR) is 149 cm³/mol. The number of rotatable bonds is 4. The van der Waals surface area contributed by atoms with E-state index >= 15 is 0 Å². The first kappa shape index (κ1) is 23.3. The van der Waals surface area contributed by atoms with Crippen molar-refractivity contribution < 1.29 is 4.79 Å². The summed E-state index contributed by atoms with van der Waals surface area (Å²) in [6, 6.07) is 10.1. The van der Waals surface area contributed by atoms with Crippen molar-refractivity contribution in [3.63, 3.8) is 0 Å². The zero-order valence-electron chi connectivity index (χ0n) is 21.5. The maximum atomic E-state index is 13.1. The zero-order chi connectivity index (χ0) is 26.8. The van der Waals surface area contributed by atoms with Crippen LogP contribution in [0.3, 0.4) is 0 Å². The van der Waals surface area contributed by atoms with Gasteiger partial charge in [-0.2, -0.15) is 0 Å². The number of hydrogen-bond acceptors (Lipinski definition) is 7. The molecule has 5 aromatic rings. The highest BCUT2D eigenvalue weighted by molar-refractivity contribution is 6.04. The van der Waals surface area contributed by atoms with Gasteiger partial charge in [-0.25, -0.2) is 15.0 Å². The number of nitrogen functional groups attached to an aromatic ring is 1. The Morgan fingerprint density at radius 2 is 1.87 bits per heavy atom. The highest BCUT2D eigenvalue weighted by atomic mass is 16.2. The number of nitrogens with zero attached hydrogens (tertiary/aromatic N) is 6. The van der Waals surface area contributed by atoms with Gasteiger partial charge in [-0.15, -0.1) is 6.42 Å². The van der Waals surface area contributed by atoms with Crippen molar-refractivity contribution in [2.24, 2.45) is 0 Å². The maximum absolute atomic E-state index is 13.1. The predicted octanol–water partition coefficient (Wildman–Crippen LogP) is 4.15. The molecule has 4 aromatic heterocycles. The third-order valence-electron chi connectivity index (χ3n) is 8.47. The number of para-hydroxylation sites is 1. The van der Waals surface area contributed by atoms with E-state index in [1.807, 2.05) is 37.4 Å². The molecule has 2 aliphatic carbocycles. The quantitative estimate of drug-likeness (QED) is 0.345. The van der Waals surface area contributed by atoms with Crippen molar-refractivity contribution in [2.75, 3.05) is 5.73 Å². The molecule has 0 spiro atoms. The summed E-state index contributed by atoms with van der Waals surface area (Å²) in [5.74, 6) is 3.15. The molecule has 2 fully saturated rings. The fourth-order valence-electron chi connectivity index (χ4n) is 6.69. The van der Waals surface area contributed by atoms with E-state index in [1.165, 1.54) is 12.5 Å². The van der Waals surface area contributed by atoms with Crippen LogP contribution in [0.1, 0.15) is 54.0 Å². The highest BCUT2D eigenvalue weighted by Crippen LogP contribution is 2.57. The molecule has 0 atom stereocenters. The molecule has 9 nitrogen and oxygen atoms in total. The summed E-state index contributed by atoms with van der Waals surface area (Å²) in [5.41, 5.74) is 10.9. The first-order valence-electron chi connectivity index (χ1n) is 13.0. The van der Waals surface area contributed by atoms with Crippen LogP contribution in [0.25, 0.3) is 33.1 Å². The van der Waals surface area contributed by atoms with Crippen LogP contribution in [0.4, 0.5) is 5.82 Å². The molecule has 3 N–H and O–H groups in total. The fraction of sp³-hybridized carbons (Fsp3) is 0.267. The number of carbonyl (C=O) groups excluding carboxylic acids is 1. The molecule has 2 aliphatic rings. The van der Waals surface area contributed by atoms with Crippen molar-refractivity contribution in [2.45, 2.75) is 50.1 Å². The van der Waals surface area contributed by atoms with Crippen LogP contribution in [0.2, 0.25) is 0 Å². The van der Waals surface area contributed by atoms with Gasteiger partial charge in [0.25, 0.3) is 5.91 Å². The molecule has 0 saturated heterocycles. The second kappa shape index (κ2) is 8.33. The second-order valence-electron chi connectivity index (χ2n) is 10.8. The van der Waals surface area contributed by atoms with Gasteiger partial charge in [-0.05, 0) is 51.2 Å². The summed E-state index contributed by atoms with van der Waals surface area (Å²) in [4.78, 5) is 35.3. The molecule has 39 heavy (non-hydrogen) atoms. The van der Waals surface area contributed by atoms with Crippen molar-refractivity contribution >= 4 is 33.7 Å². The number of benzene rings is 1. The van der Waals surface area contributed by atoms with E-state index in [0.717, 1.165) is 65.2 Å². The summed E-state index contributed by atoms with van der Waals surface area (Å²) in [6.45, 7) is 1.85. The average molecular weight is 515 g/mol. The number of hydrogen-bond donors (Lipinski definition) is 2. The van der Waals surface area contributed by atoms with Crippen molar-refractivity contribution in [1.29, 1.82) is 0 Å². The molecule has 192 valence electrons. The summed E-state index contributed by atoms with van der Waals surface area (Å²) < 4.78 is 2.19. The highest BCUT2D eigenvalue weighted by Gasteiger charge is 2.57. The molecule has 9 heteroatoms. The van der Waals surface area contributed by atoms with Gasteiger partial charge in [0, 0.05) is 40.0 Å². The normalized spacial score (nSPS) is 21.8. The van der Waals surface area contributed by atoms with Crippen molar-refractivity contribution in [1.82, 2.24) is 34.8 Å². The van der Waals surface area contributed by atoms with Gasteiger partial charge in [0.2, 0.25) is 0 Å². The number of carbonyl (C=O) groups is 1. The van der Waals surface area contributed by atoms with Gasteiger partial charge < -0.3 is 15.6 Å². The number of anilines is 1. The van der Waals surface area contributed by atoms with Crippen LogP contribution < -0.4 is 11.1 Å². The van der Waals surface area contributed by atoms with Crippen LogP contribution in [0, 0.1) is 19.3 Å². The topological polar surface area (TPSA) is 124 Å². The van der Waals surface area contributed by atoms with Gasteiger partial charge in [0.05, 0.1) is 22.8 Å². The lowest BCUT2D eigenvalue weighted by atomic mass is 9.90. The van der Waals surface area contributed by atoms with E-state index in [0.29, 0.717) is 22.9 Å². The molecule has 1 aromatic carbocycles. The second-order valence-corrected chi connectivity index (χ2v) is 10.8. The fourth-order valence-corrected chi connectivity index (χ4v) is 6.69. The van der Waals surface area contributed by atoms with Crippen LogP contribution >= 0.6 is 0 Å². The summed E-state index contributed by atoms with van der Waals surface area (Å²) in [7, 11) is 0. The van der Waals surface area contributed by atoms with Crippen LogP contribution in [-0.2, 0) is 5.54 Å². The number of aryl methyl sites for hydroxylation is 1. The number of pyridine rings is 1. The summed E-state index contributed by atoms with van der Waals surface area (Å²) >= 11 is 0. The molecular weight excluding hydrogens is 488 g/mol. The Labute approximate surface area is 224 Å². The van der Waals surface area contributed by atoms with Crippen LogP contribution in [0.5, 0.6) is 0 Å². The van der Waals surface area contributed by atoms with Crippen molar-refractivity contribution in [3.8, 4) is 23.5 Å². The number of nitrogens with two attached hydrogens (primary N) is 1. The van der Waals surface area contributed by atoms with Gasteiger partial charge in [0.15, 0.2) is 0 Å². The number of fused-ring (bicyclic) bond motifs is 4. The Hall–Kier alpha value is -4.84. The van der Waals surface area contributed by atoms with E-state index in [-0.39, 0.29) is 17.0 Å². The van der Waals surface area contributed by atoms with E-state index < -0.39 is 0 Å². The minimum absolute atomic E-state index is 0.204.